The Balaban J connectivity index is 2.35. The first-order chi connectivity index (χ1) is 7.36. The number of benzene rings is 1. The highest BCUT2D eigenvalue weighted by molar-refractivity contribution is 5.46. The van der Waals surface area contributed by atoms with Crippen LogP contribution in [0.15, 0.2) is 24.3 Å². The third-order valence-electron chi connectivity index (χ3n) is 1.96. The molecule has 0 aliphatic carbocycles. The van der Waals surface area contributed by atoms with E-state index in [4.69, 9.17) is 9.47 Å². The maximum atomic E-state index is 5.48. The SMILES string of the molecule is CCCOc1ccc(NCCOC)cc1. The van der Waals surface area contributed by atoms with Crippen molar-refractivity contribution in [1.29, 1.82) is 0 Å². The Morgan fingerprint density at radius 1 is 1.13 bits per heavy atom. The van der Waals surface area contributed by atoms with Crippen molar-refractivity contribution in [1.82, 2.24) is 0 Å². The van der Waals surface area contributed by atoms with Crippen LogP contribution in [0.1, 0.15) is 13.3 Å². The Morgan fingerprint density at radius 3 is 2.47 bits per heavy atom. The standard InChI is InChI=1S/C12H19NO2/c1-3-9-15-12-6-4-11(5-7-12)13-8-10-14-2/h4-7,13H,3,8-10H2,1-2H3. The predicted molar refractivity (Wildman–Crippen MR) is 62.6 cm³/mol. The van der Waals surface area contributed by atoms with Crippen molar-refractivity contribution in [2.45, 2.75) is 13.3 Å². The van der Waals surface area contributed by atoms with E-state index in [-0.39, 0.29) is 0 Å². The highest BCUT2D eigenvalue weighted by Gasteiger charge is 1.94. The van der Waals surface area contributed by atoms with Crippen LogP contribution in [0.5, 0.6) is 5.75 Å². The maximum Gasteiger partial charge on any atom is 0.119 e. The van der Waals surface area contributed by atoms with Gasteiger partial charge in [-0.25, -0.2) is 0 Å². The highest BCUT2D eigenvalue weighted by atomic mass is 16.5. The minimum absolute atomic E-state index is 0.716. The molecule has 0 saturated heterocycles. The van der Waals surface area contributed by atoms with E-state index in [2.05, 4.69) is 12.2 Å². The Kier molecular flexibility index (Phi) is 5.63. The molecule has 0 heterocycles. The van der Waals surface area contributed by atoms with E-state index >= 15 is 0 Å². The van der Waals surface area contributed by atoms with Gasteiger partial charge in [-0.1, -0.05) is 6.92 Å². The van der Waals surface area contributed by atoms with E-state index in [1.54, 1.807) is 7.11 Å². The van der Waals surface area contributed by atoms with E-state index in [9.17, 15) is 0 Å². The van der Waals surface area contributed by atoms with Gasteiger partial charge in [0.05, 0.1) is 13.2 Å². The zero-order valence-electron chi connectivity index (χ0n) is 9.45. The van der Waals surface area contributed by atoms with Crippen molar-refractivity contribution in [3.05, 3.63) is 24.3 Å². The Labute approximate surface area is 91.4 Å². The molecular formula is C12H19NO2. The van der Waals surface area contributed by atoms with E-state index in [0.29, 0.717) is 6.61 Å². The monoisotopic (exact) mass is 209 g/mol. The fraction of sp³-hybridized carbons (Fsp3) is 0.500. The molecule has 0 spiro atoms. The molecule has 0 aliphatic heterocycles. The van der Waals surface area contributed by atoms with Gasteiger partial charge in [0.1, 0.15) is 5.75 Å². The summed E-state index contributed by atoms with van der Waals surface area (Å²) in [5.41, 5.74) is 1.09. The summed E-state index contributed by atoms with van der Waals surface area (Å²) >= 11 is 0. The molecule has 0 atom stereocenters. The average molecular weight is 209 g/mol. The lowest BCUT2D eigenvalue weighted by atomic mass is 10.3. The van der Waals surface area contributed by atoms with Gasteiger partial charge < -0.3 is 14.8 Å². The zero-order valence-corrected chi connectivity index (χ0v) is 9.45. The molecule has 3 nitrogen and oxygen atoms in total. The molecule has 0 saturated carbocycles. The van der Waals surface area contributed by atoms with Gasteiger partial charge in [-0.05, 0) is 30.7 Å². The van der Waals surface area contributed by atoms with Crippen molar-refractivity contribution in [2.75, 3.05) is 32.2 Å². The second kappa shape index (κ2) is 7.12. The van der Waals surface area contributed by atoms with Gasteiger partial charge in [0.25, 0.3) is 0 Å². The molecule has 0 unspecified atom stereocenters. The number of ether oxygens (including phenoxy) is 2. The number of hydrogen-bond donors (Lipinski definition) is 1. The predicted octanol–water partition coefficient (Wildman–Crippen LogP) is 2.53. The van der Waals surface area contributed by atoms with E-state index in [1.807, 2.05) is 24.3 Å². The first-order valence-corrected chi connectivity index (χ1v) is 5.32. The third-order valence-corrected chi connectivity index (χ3v) is 1.96. The van der Waals surface area contributed by atoms with Gasteiger partial charge in [0, 0.05) is 19.3 Å². The lowest BCUT2D eigenvalue weighted by Gasteiger charge is -2.07. The molecule has 0 aromatic heterocycles. The largest absolute Gasteiger partial charge is 0.494 e. The summed E-state index contributed by atoms with van der Waals surface area (Å²) in [6.07, 6.45) is 1.04. The van der Waals surface area contributed by atoms with Crippen LogP contribution in [0.25, 0.3) is 0 Å². The summed E-state index contributed by atoms with van der Waals surface area (Å²) < 4.78 is 10.4. The summed E-state index contributed by atoms with van der Waals surface area (Å²) in [4.78, 5) is 0. The molecule has 84 valence electrons. The summed E-state index contributed by atoms with van der Waals surface area (Å²) in [5, 5.41) is 3.25. The van der Waals surface area contributed by atoms with Gasteiger partial charge in [0.15, 0.2) is 0 Å². The lowest BCUT2D eigenvalue weighted by molar-refractivity contribution is 0.211. The average Bonchev–Trinajstić information content (AvgIpc) is 2.28. The zero-order chi connectivity index (χ0) is 10.9. The molecule has 0 bridgehead atoms. The Bertz CT molecular complexity index is 259. The molecule has 3 heteroatoms. The smallest absolute Gasteiger partial charge is 0.119 e. The van der Waals surface area contributed by atoms with Gasteiger partial charge in [-0.3, -0.25) is 0 Å². The maximum absolute atomic E-state index is 5.48. The van der Waals surface area contributed by atoms with Crippen LogP contribution in [0, 0.1) is 0 Å². The van der Waals surface area contributed by atoms with Crippen LogP contribution in [-0.2, 0) is 4.74 Å². The second-order valence-electron chi connectivity index (χ2n) is 3.29. The van der Waals surface area contributed by atoms with Crippen LogP contribution >= 0.6 is 0 Å². The summed E-state index contributed by atoms with van der Waals surface area (Å²) in [6.45, 7) is 4.41. The molecule has 0 radical (unpaired) electrons. The fourth-order valence-corrected chi connectivity index (χ4v) is 1.19. The highest BCUT2D eigenvalue weighted by Crippen LogP contribution is 2.15. The normalized spacial score (nSPS) is 10.0. The van der Waals surface area contributed by atoms with Crippen molar-refractivity contribution < 1.29 is 9.47 Å². The van der Waals surface area contributed by atoms with Gasteiger partial charge >= 0.3 is 0 Å². The molecule has 0 aliphatic rings. The molecule has 0 fully saturated rings. The van der Waals surface area contributed by atoms with Crippen molar-refractivity contribution in [3.63, 3.8) is 0 Å². The lowest BCUT2D eigenvalue weighted by Crippen LogP contribution is -2.07. The third kappa shape index (κ3) is 4.70. The Morgan fingerprint density at radius 2 is 1.87 bits per heavy atom. The molecule has 1 N–H and O–H groups in total. The first-order valence-electron chi connectivity index (χ1n) is 5.32. The van der Waals surface area contributed by atoms with Crippen LogP contribution in [0.4, 0.5) is 5.69 Å². The molecule has 15 heavy (non-hydrogen) atoms. The quantitative estimate of drug-likeness (QED) is 0.700. The van der Waals surface area contributed by atoms with Gasteiger partial charge in [-0.2, -0.15) is 0 Å². The van der Waals surface area contributed by atoms with E-state index in [0.717, 1.165) is 31.0 Å². The van der Waals surface area contributed by atoms with Crippen LogP contribution in [-0.4, -0.2) is 26.9 Å². The molecule has 1 rings (SSSR count). The molecule has 0 amide bonds. The first kappa shape index (κ1) is 11.9. The van der Waals surface area contributed by atoms with Crippen molar-refractivity contribution in [2.24, 2.45) is 0 Å². The molecule has 1 aromatic carbocycles. The summed E-state index contributed by atoms with van der Waals surface area (Å²) in [7, 11) is 1.70. The number of nitrogens with one attached hydrogen (secondary N) is 1. The number of hydrogen-bond acceptors (Lipinski definition) is 3. The van der Waals surface area contributed by atoms with E-state index in [1.165, 1.54) is 0 Å². The summed E-state index contributed by atoms with van der Waals surface area (Å²) in [6, 6.07) is 7.98. The second-order valence-corrected chi connectivity index (χ2v) is 3.29. The van der Waals surface area contributed by atoms with Crippen molar-refractivity contribution in [3.8, 4) is 5.75 Å². The Hall–Kier alpha value is -1.22. The van der Waals surface area contributed by atoms with Gasteiger partial charge in [-0.15, -0.1) is 0 Å². The van der Waals surface area contributed by atoms with Crippen LogP contribution in [0.2, 0.25) is 0 Å². The van der Waals surface area contributed by atoms with Gasteiger partial charge in [0.2, 0.25) is 0 Å². The van der Waals surface area contributed by atoms with Crippen LogP contribution < -0.4 is 10.1 Å². The molecular weight excluding hydrogens is 190 g/mol. The number of anilines is 1. The van der Waals surface area contributed by atoms with E-state index < -0.39 is 0 Å². The number of rotatable bonds is 7. The van der Waals surface area contributed by atoms with Crippen LogP contribution in [0.3, 0.4) is 0 Å². The minimum Gasteiger partial charge on any atom is -0.494 e. The minimum atomic E-state index is 0.716. The molecule has 1 aromatic rings. The summed E-state index contributed by atoms with van der Waals surface area (Å²) in [5.74, 6) is 0.925. The fourth-order valence-electron chi connectivity index (χ4n) is 1.19. The van der Waals surface area contributed by atoms with Crippen molar-refractivity contribution >= 4 is 5.69 Å². The topological polar surface area (TPSA) is 30.5 Å². The number of methoxy groups -OCH3 is 1.